The molecule has 0 radical (unpaired) electrons. The largest absolute Gasteiger partial charge is 0.329 e. The van der Waals surface area contributed by atoms with Crippen LogP contribution in [0.4, 0.5) is 15.2 Å². The average Bonchev–Trinajstić information content (AvgIpc) is 2.58. The number of benzene rings is 1. The Kier molecular flexibility index (Phi) is 3.23. The van der Waals surface area contributed by atoms with Gasteiger partial charge >= 0.3 is 0 Å². The molecule has 1 N–H and O–H groups in total. The van der Waals surface area contributed by atoms with E-state index >= 15 is 0 Å². The van der Waals surface area contributed by atoms with Crippen LogP contribution < -0.4 is 5.32 Å². The molecule has 1 aromatic carbocycles. The summed E-state index contributed by atoms with van der Waals surface area (Å²) in [4.78, 5) is 3.97. The van der Waals surface area contributed by atoms with Crippen LogP contribution in [0.5, 0.6) is 0 Å². The Balaban J connectivity index is 2.27. The van der Waals surface area contributed by atoms with Crippen LogP contribution in [0.15, 0.2) is 28.1 Å². The highest BCUT2D eigenvalue weighted by atomic mass is 79.9. The van der Waals surface area contributed by atoms with Crippen molar-refractivity contribution in [2.75, 3.05) is 5.32 Å². The predicted molar refractivity (Wildman–Crippen MR) is 64.5 cm³/mol. The summed E-state index contributed by atoms with van der Waals surface area (Å²) < 4.78 is 14.1. The lowest BCUT2D eigenvalue weighted by molar-refractivity contribution is 0.631. The minimum atomic E-state index is -0.329. The first-order valence-corrected chi connectivity index (χ1v) is 6.03. The zero-order valence-electron chi connectivity index (χ0n) is 7.30. The topological polar surface area (TPSA) is 24.9 Å². The molecule has 15 heavy (non-hydrogen) atoms. The van der Waals surface area contributed by atoms with E-state index in [1.54, 1.807) is 17.5 Å². The number of nitrogens with one attached hydrogen (secondary N) is 1. The van der Waals surface area contributed by atoms with Gasteiger partial charge in [-0.25, -0.2) is 9.37 Å². The van der Waals surface area contributed by atoms with E-state index in [-0.39, 0.29) is 5.82 Å². The average molecular weight is 308 g/mol. The van der Waals surface area contributed by atoms with Gasteiger partial charge in [-0.2, -0.15) is 0 Å². The second-order valence-electron chi connectivity index (χ2n) is 2.72. The van der Waals surface area contributed by atoms with Crippen LogP contribution in [0.1, 0.15) is 0 Å². The van der Waals surface area contributed by atoms with Crippen molar-refractivity contribution in [2.24, 2.45) is 0 Å². The van der Waals surface area contributed by atoms with E-state index in [4.69, 9.17) is 11.6 Å². The number of halogens is 3. The molecule has 2 rings (SSSR count). The lowest BCUT2D eigenvalue weighted by Gasteiger charge is -2.04. The third-order valence-corrected chi connectivity index (χ3v) is 3.22. The van der Waals surface area contributed by atoms with Crippen molar-refractivity contribution in [3.8, 4) is 0 Å². The summed E-state index contributed by atoms with van der Waals surface area (Å²) in [6, 6.07) is 4.65. The van der Waals surface area contributed by atoms with Crippen LogP contribution in [0, 0.1) is 5.82 Å². The van der Waals surface area contributed by atoms with Gasteiger partial charge in [-0.1, -0.05) is 27.5 Å². The third kappa shape index (κ3) is 2.68. The lowest BCUT2D eigenvalue weighted by atomic mass is 10.3. The monoisotopic (exact) mass is 306 g/mol. The Morgan fingerprint density at radius 1 is 1.47 bits per heavy atom. The summed E-state index contributed by atoms with van der Waals surface area (Å²) in [7, 11) is 0. The smallest absolute Gasteiger partial charge is 0.188 e. The SMILES string of the molecule is Fc1ccc(Br)cc1Nc1nc(Cl)cs1. The molecule has 6 heteroatoms. The molecule has 1 heterocycles. The maximum absolute atomic E-state index is 13.3. The van der Waals surface area contributed by atoms with Crippen LogP contribution in [0.25, 0.3) is 0 Å². The van der Waals surface area contributed by atoms with E-state index in [0.29, 0.717) is 16.0 Å². The van der Waals surface area contributed by atoms with Gasteiger partial charge in [0.2, 0.25) is 0 Å². The van der Waals surface area contributed by atoms with E-state index in [9.17, 15) is 4.39 Å². The quantitative estimate of drug-likeness (QED) is 0.887. The fraction of sp³-hybridized carbons (Fsp3) is 0. The molecule has 1 aromatic heterocycles. The molecule has 0 aliphatic rings. The summed E-state index contributed by atoms with van der Waals surface area (Å²) in [5.41, 5.74) is 0.371. The number of rotatable bonds is 2. The fourth-order valence-electron chi connectivity index (χ4n) is 1.02. The molecule has 2 aromatic rings. The predicted octanol–water partition coefficient (Wildman–Crippen LogP) is 4.44. The number of hydrogen-bond donors (Lipinski definition) is 1. The van der Waals surface area contributed by atoms with Gasteiger partial charge in [0, 0.05) is 9.85 Å². The third-order valence-electron chi connectivity index (χ3n) is 1.65. The summed E-state index contributed by atoms with van der Waals surface area (Å²) in [5, 5.41) is 5.50. The molecule has 0 unspecified atom stereocenters. The van der Waals surface area contributed by atoms with Crippen molar-refractivity contribution in [1.82, 2.24) is 4.98 Å². The Labute approximate surface area is 103 Å². The van der Waals surface area contributed by atoms with Gasteiger partial charge < -0.3 is 5.32 Å². The van der Waals surface area contributed by atoms with Gasteiger partial charge in [0.05, 0.1) is 5.69 Å². The molecular formula is C9H5BrClFN2S. The lowest BCUT2D eigenvalue weighted by Crippen LogP contribution is -1.92. The normalized spacial score (nSPS) is 10.3. The molecule has 0 saturated heterocycles. The summed E-state index contributed by atoms with van der Waals surface area (Å²) in [6.45, 7) is 0. The van der Waals surface area contributed by atoms with Crippen LogP contribution in [-0.4, -0.2) is 4.98 Å². The first kappa shape index (κ1) is 10.9. The van der Waals surface area contributed by atoms with Crippen LogP contribution in [0.3, 0.4) is 0 Å². The van der Waals surface area contributed by atoms with Gasteiger partial charge in [0.25, 0.3) is 0 Å². The number of nitrogens with zero attached hydrogens (tertiary/aromatic N) is 1. The first-order chi connectivity index (χ1) is 7.15. The van der Waals surface area contributed by atoms with E-state index in [1.165, 1.54) is 17.4 Å². The Morgan fingerprint density at radius 3 is 2.93 bits per heavy atom. The van der Waals surface area contributed by atoms with Gasteiger partial charge in [0.15, 0.2) is 5.13 Å². The van der Waals surface area contributed by atoms with Crippen molar-refractivity contribution >= 4 is 49.7 Å². The zero-order valence-corrected chi connectivity index (χ0v) is 10.5. The fourth-order valence-corrected chi connectivity index (χ4v) is 2.23. The molecule has 0 amide bonds. The molecule has 78 valence electrons. The Morgan fingerprint density at radius 2 is 2.27 bits per heavy atom. The molecule has 0 saturated carbocycles. The van der Waals surface area contributed by atoms with Gasteiger partial charge in [0.1, 0.15) is 11.0 Å². The highest BCUT2D eigenvalue weighted by molar-refractivity contribution is 9.10. The van der Waals surface area contributed by atoms with E-state index in [2.05, 4.69) is 26.2 Å². The van der Waals surface area contributed by atoms with E-state index in [0.717, 1.165) is 4.47 Å². The van der Waals surface area contributed by atoms with Crippen molar-refractivity contribution in [2.45, 2.75) is 0 Å². The highest BCUT2D eigenvalue weighted by Gasteiger charge is 2.05. The van der Waals surface area contributed by atoms with Crippen molar-refractivity contribution < 1.29 is 4.39 Å². The van der Waals surface area contributed by atoms with Crippen molar-refractivity contribution in [3.63, 3.8) is 0 Å². The minimum absolute atomic E-state index is 0.329. The van der Waals surface area contributed by atoms with Gasteiger partial charge in [-0.05, 0) is 18.2 Å². The summed E-state index contributed by atoms with van der Waals surface area (Å²) >= 11 is 10.2. The zero-order chi connectivity index (χ0) is 10.8. The Bertz CT molecular complexity index is 489. The molecule has 0 aliphatic carbocycles. The molecule has 0 bridgehead atoms. The number of thiazole rings is 1. The maximum Gasteiger partial charge on any atom is 0.188 e. The van der Waals surface area contributed by atoms with Crippen LogP contribution >= 0.6 is 38.9 Å². The molecule has 0 fully saturated rings. The second kappa shape index (κ2) is 4.47. The second-order valence-corrected chi connectivity index (χ2v) is 4.89. The first-order valence-electron chi connectivity index (χ1n) is 3.98. The molecule has 0 spiro atoms. The maximum atomic E-state index is 13.3. The number of aromatic nitrogens is 1. The summed E-state index contributed by atoms with van der Waals surface area (Å²) in [5.74, 6) is -0.329. The molecule has 2 nitrogen and oxygen atoms in total. The standard InChI is InChI=1S/C9H5BrClFN2S/c10-5-1-2-6(12)7(3-5)13-9-14-8(11)4-15-9/h1-4H,(H,13,14). The van der Waals surface area contributed by atoms with Gasteiger partial charge in [-0.15, -0.1) is 11.3 Å². The molecule has 0 aliphatic heterocycles. The van der Waals surface area contributed by atoms with E-state index < -0.39 is 0 Å². The van der Waals surface area contributed by atoms with Crippen LogP contribution in [0.2, 0.25) is 5.15 Å². The summed E-state index contributed by atoms with van der Waals surface area (Å²) in [6.07, 6.45) is 0. The van der Waals surface area contributed by atoms with Gasteiger partial charge in [-0.3, -0.25) is 0 Å². The van der Waals surface area contributed by atoms with Crippen molar-refractivity contribution in [1.29, 1.82) is 0 Å². The number of anilines is 2. The minimum Gasteiger partial charge on any atom is -0.329 e. The van der Waals surface area contributed by atoms with Crippen LogP contribution in [-0.2, 0) is 0 Å². The molecular weight excluding hydrogens is 303 g/mol. The van der Waals surface area contributed by atoms with Crippen molar-refractivity contribution in [3.05, 3.63) is 39.0 Å². The Hall–Kier alpha value is -0.650. The number of hydrogen-bond acceptors (Lipinski definition) is 3. The van der Waals surface area contributed by atoms with E-state index in [1.807, 2.05) is 0 Å². The highest BCUT2D eigenvalue weighted by Crippen LogP contribution is 2.26. The molecule has 0 atom stereocenters.